The molecule has 0 unspecified atom stereocenters. The number of rotatable bonds is 4. The first-order valence-corrected chi connectivity index (χ1v) is 8.13. The number of alkyl halides is 3. The molecule has 1 saturated heterocycles. The Hall–Kier alpha value is -2.69. The Bertz CT molecular complexity index is 725. The number of esters is 1. The quantitative estimate of drug-likeness (QED) is 0.654. The minimum Gasteiger partial charge on any atom is -0.449 e. The van der Waals surface area contributed by atoms with Crippen LogP contribution in [0.2, 0.25) is 0 Å². The Balaban J connectivity index is 2.36. The molecule has 0 bridgehead atoms. The van der Waals surface area contributed by atoms with Gasteiger partial charge in [0.15, 0.2) is 6.61 Å². The van der Waals surface area contributed by atoms with Gasteiger partial charge >= 0.3 is 18.1 Å². The number of carbonyl (C=O) groups is 2. The average Bonchev–Trinajstić information content (AvgIpc) is 2.59. The number of halogens is 3. The highest BCUT2D eigenvalue weighted by atomic mass is 19.4. The van der Waals surface area contributed by atoms with Gasteiger partial charge in [-0.15, -0.1) is 6.42 Å². The minimum atomic E-state index is -5.02. The zero-order valence-corrected chi connectivity index (χ0v) is 14.2. The molecule has 1 aliphatic rings. The van der Waals surface area contributed by atoms with Crippen molar-refractivity contribution in [3.8, 4) is 12.3 Å². The van der Waals surface area contributed by atoms with E-state index in [4.69, 9.17) is 11.2 Å². The molecule has 1 heterocycles. The topological polar surface area (TPSA) is 58.6 Å². The maximum Gasteiger partial charge on any atom is 0.471 e. The molecule has 5 nitrogen and oxygen atoms in total. The normalized spacial score (nSPS) is 17.3. The molecule has 0 aliphatic carbocycles. The molecule has 1 N–H and O–H groups in total. The minimum absolute atomic E-state index is 0.0639. The van der Waals surface area contributed by atoms with Gasteiger partial charge in [0, 0.05) is 18.3 Å². The second kappa shape index (κ2) is 8.13. The summed E-state index contributed by atoms with van der Waals surface area (Å²) in [6.45, 7) is 2.47. The van der Waals surface area contributed by atoms with E-state index in [0.29, 0.717) is 12.2 Å². The molecule has 0 saturated carbocycles. The lowest BCUT2D eigenvalue weighted by Crippen LogP contribution is -2.38. The van der Waals surface area contributed by atoms with E-state index in [9.17, 15) is 22.8 Å². The Kier molecular flexibility index (Phi) is 6.14. The maximum atomic E-state index is 12.4. The average molecular weight is 368 g/mol. The zero-order valence-electron chi connectivity index (χ0n) is 14.2. The second-order valence-corrected chi connectivity index (χ2v) is 6.00. The van der Waals surface area contributed by atoms with Gasteiger partial charge in [0.1, 0.15) is 0 Å². The Morgan fingerprint density at radius 2 is 2.12 bits per heavy atom. The number of amides is 1. The molecule has 1 atom stereocenters. The van der Waals surface area contributed by atoms with Crippen LogP contribution in [-0.4, -0.2) is 37.2 Å². The summed E-state index contributed by atoms with van der Waals surface area (Å²) >= 11 is 0. The number of nitrogens with one attached hydrogen (secondary N) is 1. The third-order valence-corrected chi connectivity index (χ3v) is 4.13. The lowest BCUT2D eigenvalue weighted by molar-refractivity contribution is -0.167. The lowest BCUT2D eigenvalue weighted by Gasteiger charge is -2.36. The van der Waals surface area contributed by atoms with Crippen LogP contribution in [0, 0.1) is 12.3 Å². The Morgan fingerprint density at radius 3 is 2.73 bits per heavy atom. The van der Waals surface area contributed by atoms with Crippen LogP contribution in [0.15, 0.2) is 18.2 Å². The predicted octanol–water partition coefficient (Wildman–Crippen LogP) is 3.36. The van der Waals surface area contributed by atoms with E-state index in [1.165, 1.54) is 18.2 Å². The number of nitrogens with zero attached hydrogens (tertiary/aromatic N) is 1. The highest BCUT2D eigenvalue weighted by Gasteiger charge is 2.38. The van der Waals surface area contributed by atoms with Gasteiger partial charge < -0.3 is 15.0 Å². The summed E-state index contributed by atoms with van der Waals surface area (Å²) in [5.74, 6) is -0.695. The molecule has 140 valence electrons. The molecule has 26 heavy (non-hydrogen) atoms. The molecule has 1 amide bonds. The van der Waals surface area contributed by atoms with Crippen molar-refractivity contribution in [2.75, 3.05) is 23.4 Å². The summed E-state index contributed by atoms with van der Waals surface area (Å²) in [6.07, 6.45) is 3.00. The lowest BCUT2D eigenvalue weighted by atomic mass is 10.0. The van der Waals surface area contributed by atoms with E-state index in [-0.39, 0.29) is 23.9 Å². The van der Waals surface area contributed by atoms with Gasteiger partial charge in [-0.05, 0) is 44.4 Å². The molecule has 0 spiro atoms. The van der Waals surface area contributed by atoms with Crippen LogP contribution in [0.1, 0.15) is 36.5 Å². The van der Waals surface area contributed by atoms with Crippen LogP contribution in [0.25, 0.3) is 0 Å². The molecule has 1 aromatic rings. The fraction of sp³-hybridized carbons (Fsp3) is 0.444. The first kappa shape index (κ1) is 19.6. The van der Waals surface area contributed by atoms with Crippen molar-refractivity contribution in [2.24, 2.45) is 0 Å². The monoisotopic (exact) mass is 368 g/mol. The van der Waals surface area contributed by atoms with E-state index in [2.05, 4.69) is 5.92 Å². The van der Waals surface area contributed by atoms with Gasteiger partial charge in [0.25, 0.3) is 0 Å². The van der Waals surface area contributed by atoms with Crippen LogP contribution in [0.5, 0.6) is 0 Å². The van der Waals surface area contributed by atoms with E-state index in [0.717, 1.165) is 19.3 Å². The summed E-state index contributed by atoms with van der Waals surface area (Å²) in [4.78, 5) is 25.5. The molecule has 0 radical (unpaired) electrons. The molecule has 1 fully saturated rings. The Morgan fingerprint density at radius 1 is 1.38 bits per heavy atom. The van der Waals surface area contributed by atoms with Gasteiger partial charge in [-0.25, -0.2) is 4.79 Å². The van der Waals surface area contributed by atoms with Crippen LogP contribution in [0.4, 0.5) is 24.5 Å². The summed E-state index contributed by atoms with van der Waals surface area (Å²) in [5, 5.41) is 1.74. The molecule has 0 aromatic heterocycles. The second-order valence-electron chi connectivity index (χ2n) is 6.00. The van der Waals surface area contributed by atoms with Gasteiger partial charge in [0.2, 0.25) is 0 Å². The molecular weight excluding hydrogens is 349 g/mol. The van der Waals surface area contributed by atoms with Gasteiger partial charge in [-0.2, -0.15) is 13.2 Å². The Labute approximate surface area is 149 Å². The number of ether oxygens (including phenoxy) is 1. The van der Waals surface area contributed by atoms with Crippen molar-refractivity contribution in [2.45, 2.75) is 38.4 Å². The van der Waals surface area contributed by atoms with Crippen LogP contribution >= 0.6 is 0 Å². The number of anilines is 2. The van der Waals surface area contributed by atoms with Crippen molar-refractivity contribution >= 4 is 23.3 Å². The molecular formula is C18H19F3N2O3. The molecule has 1 aliphatic heterocycles. The molecule has 2 rings (SSSR count). The predicted molar refractivity (Wildman–Crippen MR) is 90.9 cm³/mol. The smallest absolute Gasteiger partial charge is 0.449 e. The van der Waals surface area contributed by atoms with Crippen molar-refractivity contribution in [1.82, 2.24) is 0 Å². The van der Waals surface area contributed by atoms with E-state index in [1.807, 2.05) is 11.8 Å². The number of hydrogen-bond donors (Lipinski definition) is 1. The van der Waals surface area contributed by atoms with Crippen molar-refractivity contribution in [3.63, 3.8) is 0 Å². The van der Waals surface area contributed by atoms with Gasteiger partial charge in [-0.3, -0.25) is 4.79 Å². The van der Waals surface area contributed by atoms with E-state index < -0.39 is 18.1 Å². The molecule has 1 aromatic carbocycles. The maximum absolute atomic E-state index is 12.4. The standard InChI is InChI=1S/C18H19F3N2O3/c1-3-10-26-16(24)14-11-13(22-17(25)18(19,20)21)7-8-15(14)23-9-5-4-6-12(23)2/h1,7-8,11-12H,4-6,9-10H2,2H3,(H,22,25)/t12-/m1/s1. The fourth-order valence-electron chi connectivity index (χ4n) is 2.87. The first-order valence-electron chi connectivity index (χ1n) is 8.13. The molecule has 8 heteroatoms. The third kappa shape index (κ3) is 4.69. The van der Waals surface area contributed by atoms with Crippen LogP contribution in [-0.2, 0) is 9.53 Å². The van der Waals surface area contributed by atoms with E-state index >= 15 is 0 Å². The van der Waals surface area contributed by atoms with Crippen molar-refractivity contribution in [3.05, 3.63) is 23.8 Å². The number of terminal acetylenes is 1. The van der Waals surface area contributed by atoms with Crippen molar-refractivity contribution in [1.29, 1.82) is 0 Å². The number of benzene rings is 1. The largest absolute Gasteiger partial charge is 0.471 e. The van der Waals surface area contributed by atoms with E-state index in [1.54, 1.807) is 5.32 Å². The third-order valence-electron chi connectivity index (χ3n) is 4.13. The van der Waals surface area contributed by atoms with Crippen molar-refractivity contribution < 1.29 is 27.5 Å². The van der Waals surface area contributed by atoms with Gasteiger partial charge in [0.05, 0.1) is 11.3 Å². The highest BCUT2D eigenvalue weighted by Crippen LogP contribution is 2.31. The number of hydrogen-bond acceptors (Lipinski definition) is 4. The zero-order chi connectivity index (χ0) is 19.3. The summed E-state index contributed by atoms with van der Waals surface area (Å²) in [7, 11) is 0. The van der Waals surface area contributed by atoms with Crippen LogP contribution < -0.4 is 10.2 Å². The summed E-state index contributed by atoms with van der Waals surface area (Å²) in [5.41, 5.74) is 0.464. The number of carbonyl (C=O) groups excluding carboxylic acids is 2. The fourth-order valence-corrected chi connectivity index (χ4v) is 2.87. The SMILES string of the molecule is C#CCOC(=O)c1cc(NC(=O)C(F)(F)F)ccc1N1CCCC[C@H]1C. The van der Waals surface area contributed by atoms with Gasteiger partial charge in [-0.1, -0.05) is 5.92 Å². The van der Waals surface area contributed by atoms with Crippen LogP contribution in [0.3, 0.4) is 0 Å². The first-order chi connectivity index (χ1) is 12.2. The summed E-state index contributed by atoms with van der Waals surface area (Å²) < 4.78 is 42.3. The summed E-state index contributed by atoms with van der Waals surface area (Å²) in [6, 6.07) is 4.19. The highest BCUT2D eigenvalue weighted by molar-refractivity contribution is 6.00. The number of piperidine rings is 1.